The summed E-state index contributed by atoms with van der Waals surface area (Å²) in [7, 11) is 0. The number of para-hydroxylation sites is 1. The molecule has 0 heterocycles. The smallest absolute Gasteiger partial charge is 0.0720 e. The standard InChI is InChI=1S/C59H43N/c1-57(2)49-31-16-18-33-51(49)59(52-34-19-17-32-50(52)57)47-29-14-12-27-44(47)45-38-37-43(39-54(45)59)60(42-25-10-5-11-26-42)55-36-20-35-53-56(55)46-28-13-15-30-48(46)58(53,40-21-6-3-7-22-40)41-23-8-4-9-24-41/h3-39H,1-2H3. The predicted molar refractivity (Wildman–Crippen MR) is 248 cm³/mol. The van der Waals surface area contributed by atoms with Crippen molar-refractivity contribution in [2.75, 3.05) is 4.90 Å². The van der Waals surface area contributed by atoms with E-state index < -0.39 is 10.8 Å². The van der Waals surface area contributed by atoms with Gasteiger partial charge in [-0.05, 0) is 103 Å². The van der Waals surface area contributed by atoms with Crippen LogP contribution in [0.15, 0.2) is 224 Å². The zero-order valence-electron chi connectivity index (χ0n) is 33.8. The van der Waals surface area contributed by atoms with Gasteiger partial charge in [0.05, 0.1) is 16.5 Å². The Kier molecular flexibility index (Phi) is 7.47. The van der Waals surface area contributed by atoms with Crippen molar-refractivity contribution in [2.24, 2.45) is 0 Å². The van der Waals surface area contributed by atoms with E-state index in [1.165, 1.54) is 77.9 Å². The van der Waals surface area contributed by atoms with Gasteiger partial charge in [-0.15, -0.1) is 0 Å². The zero-order valence-corrected chi connectivity index (χ0v) is 33.8. The van der Waals surface area contributed by atoms with Gasteiger partial charge < -0.3 is 4.90 Å². The molecule has 9 aromatic rings. The third-order valence-electron chi connectivity index (χ3n) is 14.0. The molecule has 0 atom stereocenters. The van der Waals surface area contributed by atoms with Crippen LogP contribution in [-0.4, -0.2) is 0 Å². The summed E-state index contributed by atoms with van der Waals surface area (Å²) >= 11 is 0. The monoisotopic (exact) mass is 765 g/mol. The number of fused-ring (bicyclic) bond motifs is 12. The summed E-state index contributed by atoms with van der Waals surface area (Å²) in [5.74, 6) is 0. The highest BCUT2D eigenvalue weighted by molar-refractivity contribution is 5.98. The van der Waals surface area contributed by atoms with E-state index in [1.54, 1.807) is 0 Å². The molecule has 0 saturated carbocycles. The molecular weight excluding hydrogens is 723 g/mol. The lowest BCUT2D eigenvalue weighted by Crippen LogP contribution is -2.40. The largest absolute Gasteiger partial charge is 0.310 e. The highest BCUT2D eigenvalue weighted by atomic mass is 15.1. The van der Waals surface area contributed by atoms with E-state index in [0.717, 1.165) is 17.1 Å². The van der Waals surface area contributed by atoms with Gasteiger partial charge >= 0.3 is 0 Å². The summed E-state index contributed by atoms with van der Waals surface area (Å²) in [4.78, 5) is 2.52. The van der Waals surface area contributed by atoms with Crippen LogP contribution in [0, 0.1) is 0 Å². The molecule has 0 fully saturated rings. The average Bonchev–Trinajstić information content (AvgIpc) is 3.78. The highest BCUT2D eigenvalue weighted by Crippen LogP contribution is 2.64. The molecule has 1 heteroatoms. The van der Waals surface area contributed by atoms with E-state index in [-0.39, 0.29) is 5.41 Å². The molecule has 3 aliphatic rings. The van der Waals surface area contributed by atoms with Crippen molar-refractivity contribution in [2.45, 2.75) is 30.1 Å². The molecule has 1 nitrogen and oxygen atoms in total. The second kappa shape index (κ2) is 12.9. The number of rotatable bonds is 5. The van der Waals surface area contributed by atoms with Gasteiger partial charge in [0.15, 0.2) is 0 Å². The van der Waals surface area contributed by atoms with Crippen molar-refractivity contribution in [1.82, 2.24) is 0 Å². The third kappa shape index (κ3) is 4.47. The Bertz CT molecular complexity index is 3030. The molecule has 12 rings (SSSR count). The van der Waals surface area contributed by atoms with Gasteiger partial charge in [-0.3, -0.25) is 0 Å². The maximum Gasteiger partial charge on any atom is 0.0720 e. The van der Waals surface area contributed by atoms with Gasteiger partial charge in [-0.2, -0.15) is 0 Å². The SMILES string of the molecule is CC1(C)c2ccccc2C2(c3ccccc3-c3ccc(N(c4ccccc4)c4cccc5c4-c4ccccc4C5(c4ccccc4)c4ccccc4)cc32)c2ccccc21. The van der Waals surface area contributed by atoms with Gasteiger partial charge in [-0.1, -0.05) is 208 Å². The molecule has 0 radical (unpaired) electrons. The molecule has 1 spiro atoms. The molecule has 284 valence electrons. The summed E-state index contributed by atoms with van der Waals surface area (Å²) in [5, 5.41) is 0. The first-order valence-electron chi connectivity index (χ1n) is 21.2. The van der Waals surface area contributed by atoms with Gasteiger partial charge in [0.25, 0.3) is 0 Å². The lowest BCUT2D eigenvalue weighted by molar-refractivity contribution is 0.563. The van der Waals surface area contributed by atoms with Gasteiger partial charge in [0, 0.05) is 22.4 Å². The fourth-order valence-corrected chi connectivity index (χ4v) is 11.7. The summed E-state index contributed by atoms with van der Waals surface area (Å²) in [6.45, 7) is 4.79. The summed E-state index contributed by atoms with van der Waals surface area (Å²) < 4.78 is 0. The van der Waals surface area contributed by atoms with E-state index >= 15 is 0 Å². The average molecular weight is 766 g/mol. The fourth-order valence-electron chi connectivity index (χ4n) is 11.7. The predicted octanol–water partition coefficient (Wildman–Crippen LogP) is 14.5. The maximum atomic E-state index is 2.52. The summed E-state index contributed by atoms with van der Waals surface area (Å²) in [6, 6.07) is 84.1. The molecule has 0 amide bonds. The molecule has 3 aliphatic carbocycles. The van der Waals surface area contributed by atoms with Crippen molar-refractivity contribution < 1.29 is 0 Å². The molecule has 0 unspecified atom stereocenters. The highest BCUT2D eigenvalue weighted by Gasteiger charge is 2.53. The van der Waals surface area contributed by atoms with E-state index in [1.807, 2.05) is 0 Å². The minimum absolute atomic E-state index is 0.161. The first kappa shape index (κ1) is 34.8. The third-order valence-corrected chi connectivity index (χ3v) is 14.0. The second-order valence-corrected chi connectivity index (χ2v) is 17.1. The van der Waals surface area contributed by atoms with E-state index in [9.17, 15) is 0 Å². The van der Waals surface area contributed by atoms with Crippen molar-refractivity contribution in [3.8, 4) is 22.3 Å². The molecule has 0 aliphatic heterocycles. The number of benzene rings is 9. The first-order chi connectivity index (χ1) is 29.6. The van der Waals surface area contributed by atoms with Crippen LogP contribution in [-0.2, 0) is 16.2 Å². The molecule has 9 aromatic carbocycles. The number of nitrogens with zero attached hydrogens (tertiary/aromatic N) is 1. The van der Waals surface area contributed by atoms with Crippen molar-refractivity contribution in [3.63, 3.8) is 0 Å². The van der Waals surface area contributed by atoms with Crippen LogP contribution in [0.2, 0.25) is 0 Å². The topological polar surface area (TPSA) is 3.24 Å². The fraction of sp³-hybridized carbons (Fsp3) is 0.0847. The Morgan fingerprint density at radius 1 is 0.300 bits per heavy atom. The van der Waals surface area contributed by atoms with E-state index in [0.29, 0.717) is 0 Å². The second-order valence-electron chi connectivity index (χ2n) is 17.1. The zero-order chi connectivity index (χ0) is 40.1. The quantitative estimate of drug-likeness (QED) is 0.169. The number of anilines is 3. The van der Waals surface area contributed by atoms with E-state index in [4.69, 9.17) is 0 Å². The van der Waals surface area contributed by atoms with Crippen LogP contribution < -0.4 is 4.90 Å². The summed E-state index contributed by atoms with van der Waals surface area (Å²) in [6.07, 6.45) is 0. The Morgan fingerprint density at radius 2 is 0.750 bits per heavy atom. The Labute approximate surface area is 352 Å². The van der Waals surface area contributed by atoms with Gasteiger partial charge in [0.2, 0.25) is 0 Å². The molecular formula is C59H43N. The minimum atomic E-state index is -0.501. The van der Waals surface area contributed by atoms with E-state index in [2.05, 4.69) is 243 Å². The van der Waals surface area contributed by atoms with Crippen molar-refractivity contribution in [3.05, 3.63) is 280 Å². The van der Waals surface area contributed by atoms with Crippen molar-refractivity contribution in [1.29, 1.82) is 0 Å². The molecule has 0 bridgehead atoms. The molecule has 0 N–H and O–H groups in total. The molecule has 60 heavy (non-hydrogen) atoms. The molecule has 0 aromatic heterocycles. The normalized spacial score (nSPS) is 15.2. The van der Waals surface area contributed by atoms with Crippen molar-refractivity contribution >= 4 is 17.1 Å². The Hall–Kier alpha value is -7.22. The molecule has 0 saturated heterocycles. The van der Waals surface area contributed by atoms with Crippen LogP contribution in [0.25, 0.3) is 22.3 Å². The van der Waals surface area contributed by atoms with Gasteiger partial charge in [0.1, 0.15) is 0 Å². The number of hydrogen-bond donors (Lipinski definition) is 0. The van der Waals surface area contributed by atoms with Crippen LogP contribution in [0.5, 0.6) is 0 Å². The first-order valence-corrected chi connectivity index (χ1v) is 21.2. The maximum absolute atomic E-state index is 2.52. The lowest BCUT2D eigenvalue weighted by atomic mass is 9.55. The minimum Gasteiger partial charge on any atom is -0.310 e. The van der Waals surface area contributed by atoms with Crippen LogP contribution in [0.3, 0.4) is 0 Å². The Morgan fingerprint density at radius 3 is 1.35 bits per heavy atom. The van der Waals surface area contributed by atoms with Crippen LogP contribution in [0.1, 0.15) is 69.5 Å². The summed E-state index contributed by atoms with van der Waals surface area (Å²) in [5.41, 5.74) is 20.7. The van der Waals surface area contributed by atoms with Crippen LogP contribution >= 0.6 is 0 Å². The number of hydrogen-bond acceptors (Lipinski definition) is 1. The van der Waals surface area contributed by atoms with Gasteiger partial charge in [-0.25, -0.2) is 0 Å². The Balaban J connectivity index is 1.17. The van der Waals surface area contributed by atoms with Crippen LogP contribution in [0.4, 0.5) is 17.1 Å². The lowest BCUT2D eigenvalue weighted by Gasteiger charge is -2.46.